The van der Waals surface area contributed by atoms with E-state index in [9.17, 15) is 18.0 Å². The van der Waals surface area contributed by atoms with E-state index in [1.165, 1.54) is 12.1 Å². The summed E-state index contributed by atoms with van der Waals surface area (Å²) in [6, 6.07) is 4.34. The van der Waals surface area contributed by atoms with Crippen molar-refractivity contribution < 1.29 is 18.0 Å². The molecule has 5 heteroatoms. The van der Waals surface area contributed by atoms with E-state index < -0.39 is 11.7 Å². The van der Waals surface area contributed by atoms with Gasteiger partial charge in [-0.3, -0.25) is 4.79 Å². The normalized spacial score (nSPS) is 16.6. The molecule has 0 aromatic heterocycles. The number of hydrogen-bond donors (Lipinski definition) is 0. The van der Waals surface area contributed by atoms with Crippen molar-refractivity contribution in [1.29, 1.82) is 0 Å². The highest BCUT2D eigenvalue weighted by Gasteiger charge is 2.30. The number of nitrogens with zero attached hydrogens (tertiary/aromatic N) is 1. The third kappa shape index (κ3) is 3.16. The lowest BCUT2D eigenvalue weighted by atomic mass is 10.0. The second kappa shape index (κ2) is 5.07. The number of piperidine rings is 1. The van der Waals surface area contributed by atoms with Gasteiger partial charge in [0.25, 0.3) is 5.91 Å². The molecule has 1 aromatic rings. The largest absolute Gasteiger partial charge is 0.416 e. The molecule has 1 heterocycles. The predicted octanol–water partition coefficient (Wildman–Crippen LogP) is 3.50. The highest BCUT2D eigenvalue weighted by molar-refractivity contribution is 5.94. The standard InChI is InChI=1S/C14H14F3NO/c1-10-6-8-18(9-7-10)13(19)11-2-4-12(5-3-11)14(15,16)17/h2-5H,1,6-9H2. The summed E-state index contributed by atoms with van der Waals surface area (Å²) in [6.07, 6.45) is -2.86. The van der Waals surface area contributed by atoms with Gasteiger partial charge in [0.1, 0.15) is 0 Å². The highest BCUT2D eigenvalue weighted by Crippen LogP contribution is 2.29. The number of hydrogen-bond acceptors (Lipinski definition) is 1. The highest BCUT2D eigenvalue weighted by atomic mass is 19.4. The van der Waals surface area contributed by atoms with Crippen molar-refractivity contribution in [2.75, 3.05) is 13.1 Å². The van der Waals surface area contributed by atoms with E-state index in [2.05, 4.69) is 6.58 Å². The summed E-state index contributed by atoms with van der Waals surface area (Å²) in [5.74, 6) is -0.221. The fourth-order valence-electron chi connectivity index (χ4n) is 2.01. The summed E-state index contributed by atoms with van der Waals surface area (Å²) >= 11 is 0. The van der Waals surface area contributed by atoms with Crippen LogP contribution in [0.2, 0.25) is 0 Å². The van der Waals surface area contributed by atoms with Crippen LogP contribution in [-0.2, 0) is 6.18 Å². The summed E-state index contributed by atoms with van der Waals surface area (Å²) in [5, 5.41) is 0. The van der Waals surface area contributed by atoms with Gasteiger partial charge in [0.2, 0.25) is 0 Å². The molecule has 0 atom stereocenters. The van der Waals surface area contributed by atoms with Crippen molar-refractivity contribution in [3.05, 3.63) is 47.5 Å². The Hall–Kier alpha value is -1.78. The van der Waals surface area contributed by atoms with E-state index in [1.807, 2.05) is 0 Å². The lowest BCUT2D eigenvalue weighted by Crippen LogP contribution is -2.36. The van der Waals surface area contributed by atoms with E-state index in [0.29, 0.717) is 18.7 Å². The van der Waals surface area contributed by atoms with Gasteiger partial charge in [-0.05, 0) is 37.1 Å². The minimum Gasteiger partial charge on any atom is -0.338 e. The number of amides is 1. The number of carbonyl (C=O) groups is 1. The molecule has 2 nitrogen and oxygen atoms in total. The van der Waals surface area contributed by atoms with Crippen LogP contribution in [-0.4, -0.2) is 23.9 Å². The molecule has 0 spiro atoms. The molecule has 0 unspecified atom stereocenters. The van der Waals surface area contributed by atoms with Gasteiger partial charge < -0.3 is 4.90 Å². The van der Waals surface area contributed by atoms with Gasteiger partial charge in [-0.1, -0.05) is 12.2 Å². The molecule has 1 aliphatic heterocycles. The number of benzene rings is 1. The van der Waals surface area contributed by atoms with E-state index >= 15 is 0 Å². The van der Waals surface area contributed by atoms with Crippen LogP contribution in [0.4, 0.5) is 13.2 Å². The fraction of sp³-hybridized carbons (Fsp3) is 0.357. The van der Waals surface area contributed by atoms with Crippen molar-refractivity contribution >= 4 is 5.91 Å². The van der Waals surface area contributed by atoms with Gasteiger partial charge in [-0.25, -0.2) is 0 Å². The zero-order chi connectivity index (χ0) is 14.0. The molecule has 19 heavy (non-hydrogen) atoms. The molecule has 1 aliphatic rings. The van der Waals surface area contributed by atoms with E-state index in [4.69, 9.17) is 0 Å². The molecule has 1 fully saturated rings. The topological polar surface area (TPSA) is 20.3 Å². The van der Waals surface area contributed by atoms with E-state index in [-0.39, 0.29) is 5.91 Å². The maximum Gasteiger partial charge on any atom is 0.416 e. The van der Waals surface area contributed by atoms with Gasteiger partial charge in [0.15, 0.2) is 0 Å². The van der Waals surface area contributed by atoms with Crippen LogP contribution >= 0.6 is 0 Å². The first-order valence-electron chi connectivity index (χ1n) is 6.01. The quantitative estimate of drug-likeness (QED) is 0.714. The minimum absolute atomic E-state index is 0.221. The molecule has 1 amide bonds. The first-order chi connectivity index (χ1) is 8.88. The SMILES string of the molecule is C=C1CCN(C(=O)c2ccc(C(F)(F)F)cc2)CC1. The lowest BCUT2D eigenvalue weighted by molar-refractivity contribution is -0.137. The van der Waals surface area contributed by atoms with Crippen LogP contribution in [0.1, 0.15) is 28.8 Å². The monoisotopic (exact) mass is 269 g/mol. The molecule has 102 valence electrons. The van der Waals surface area contributed by atoms with Crippen LogP contribution in [0, 0.1) is 0 Å². The molecular weight excluding hydrogens is 255 g/mol. The number of likely N-dealkylation sites (tertiary alicyclic amines) is 1. The Labute approximate surface area is 109 Å². The number of carbonyl (C=O) groups excluding carboxylic acids is 1. The molecule has 2 rings (SSSR count). The second-order valence-corrected chi connectivity index (χ2v) is 4.62. The molecule has 0 saturated carbocycles. The van der Waals surface area contributed by atoms with Crippen LogP contribution < -0.4 is 0 Å². The Kier molecular flexibility index (Phi) is 3.64. The van der Waals surface area contributed by atoms with Crippen LogP contribution in [0.3, 0.4) is 0 Å². The Morgan fingerprint density at radius 2 is 1.63 bits per heavy atom. The number of rotatable bonds is 1. The Morgan fingerprint density at radius 3 is 2.11 bits per heavy atom. The van der Waals surface area contributed by atoms with Crippen LogP contribution in [0.5, 0.6) is 0 Å². The molecule has 0 bridgehead atoms. The average molecular weight is 269 g/mol. The summed E-state index contributed by atoms with van der Waals surface area (Å²) in [4.78, 5) is 13.7. The maximum absolute atomic E-state index is 12.4. The Balaban J connectivity index is 2.10. The van der Waals surface area contributed by atoms with E-state index in [0.717, 1.165) is 30.5 Å². The molecule has 1 saturated heterocycles. The van der Waals surface area contributed by atoms with Crippen LogP contribution in [0.15, 0.2) is 36.4 Å². The number of alkyl halides is 3. The third-order valence-electron chi connectivity index (χ3n) is 3.22. The van der Waals surface area contributed by atoms with Gasteiger partial charge in [0, 0.05) is 18.7 Å². The molecule has 1 aromatic carbocycles. The number of halogens is 3. The van der Waals surface area contributed by atoms with Crippen molar-refractivity contribution in [3.8, 4) is 0 Å². The minimum atomic E-state index is -4.37. The first kappa shape index (κ1) is 13.6. The average Bonchev–Trinajstić information content (AvgIpc) is 2.38. The summed E-state index contributed by atoms with van der Waals surface area (Å²) in [6.45, 7) is 5.02. The summed E-state index contributed by atoms with van der Waals surface area (Å²) in [5.41, 5.74) is 0.660. The van der Waals surface area contributed by atoms with Gasteiger partial charge >= 0.3 is 6.18 Å². The summed E-state index contributed by atoms with van der Waals surface area (Å²) in [7, 11) is 0. The lowest BCUT2D eigenvalue weighted by Gasteiger charge is -2.28. The zero-order valence-corrected chi connectivity index (χ0v) is 10.3. The van der Waals surface area contributed by atoms with Crippen molar-refractivity contribution in [2.24, 2.45) is 0 Å². The fourth-order valence-corrected chi connectivity index (χ4v) is 2.01. The Morgan fingerprint density at radius 1 is 1.11 bits per heavy atom. The summed E-state index contributed by atoms with van der Waals surface area (Å²) < 4.78 is 37.2. The maximum atomic E-state index is 12.4. The van der Waals surface area contributed by atoms with E-state index in [1.54, 1.807) is 4.90 Å². The smallest absolute Gasteiger partial charge is 0.338 e. The van der Waals surface area contributed by atoms with Gasteiger partial charge in [-0.15, -0.1) is 0 Å². The molecule has 0 N–H and O–H groups in total. The van der Waals surface area contributed by atoms with Gasteiger partial charge in [0.05, 0.1) is 5.56 Å². The Bertz CT molecular complexity index is 480. The predicted molar refractivity (Wildman–Crippen MR) is 65.7 cm³/mol. The third-order valence-corrected chi connectivity index (χ3v) is 3.22. The van der Waals surface area contributed by atoms with Crippen molar-refractivity contribution in [3.63, 3.8) is 0 Å². The van der Waals surface area contributed by atoms with Gasteiger partial charge in [-0.2, -0.15) is 13.2 Å². The second-order valence-electron chi connectivity index (χ2n) is 4.62. The molecule has 0 aliphatic carbocycles. The molecular formula is C14H14F3NO. The first-order valence-corrected chi connectivity index (χ1v) is 6.01. The molecule has 0 radical (unpaired) electrons. The van der Waals surface area contributed by atoms with Crippen molar-refractivity contribution in [2.45, 2.75) is 19.0 Å². The van der Waals surface area contributed by atoms with Crippen LogP contribution in [0.25, 0.3) is 0 Å². The zero-order valence-electron chi connectivity index (χ0n) is 10.3. The van der Waals surface area contributed by atoms with Crippen molar-refractivity contribution in [1.82, 2.24) is 4.90 Å².